The second-order valence-electron chi connectivity index (χ2n) is 5.33. The molecule has 1 saturated heterocycles. The molecule has 1 aliphatic rings. The van der Waals surface area contributed by atoms with Gasteiger partial charge in [-0.1, -0.05) is 18.2 Å². The maximum atomic E-state index is 12.2. The molecule has 22 heavy (non-hydrogen) atoms. The Hall–Kier alpha value is -2.08. The molecule has 2 amide bonds. The zero-order valence-electron chi connectivity index (χ0n) is 13.0. The fraction of sp³-hybridized carbons (Fsp3) is 0.500. The third-order valence-electron chi connectivity index (χ3n) is 3.68. The number of likely N-dealkylation sites (N-methyl/N-ethyl adjacent to an activating group) is 1. The molecular formula is C16H24N4O2. The molecule has 1 fully saturated rings. The zero-order valence-corrected chi connectivity index (χ0v) is 13.0. The lowest BCUT2D eigenvalue weighted by Crippen LogP contribution is -2.52. The summed E-state index contributed by atoms with van der Waals surface area (Å²) in [6, 6.07) is 9.70. The summed E-state index contributed by atoms with van der Waals surface area (Å²) in [6.45, 7) is 6.13. The van der Waals surface area contributed by atoms with E-state index in [1.165, 1.54) is 0 Å². The number of rotatable bonds is 6. The van der Waals surface area contributed by atoms with Crippen molar-refractivity contribution in [2.24, 2.45) is 0 Å². The normalized spacial score (nSPS) is 15.4. The number of amides is 2. The molecule has 6 nitrogen and oxygen atoms in total. The molecule has 0 bridgehead atoms. The summed E-state index contributed by atoms with van der Waals surface area (Å²) in [5.41, 5.74) is 0.950. The first kappa shape index (κ1) is 16.3. The van der Waals surface area contributed by atoms with Gasteiger partial charge in [0.15, 0.2) is 0 Å². The number of hydrogen-bond acceptors (Lipinski definition) is 4. The van der Waals surface area contributed by atoms with E-state index in [0.29, 0.717) is 32.7 Å². The van der Waals surface area contributed by atoms with Gasteiger partial charge in [0.1, 0.15) is 0 Å². The summed E-state index contributed by atoms with van der Waals surface area (Å²) < 4.78 is 0. The quantitative estimate of drug-likeness (QED) is 0.797. The van der Waals surface area contributed by atoms with E-state index in [9.17, 15) is 9.59 Å². The van der Waals surface area contributed by atoms with Crippen LogP contribution in [-0.4, -0.2) is 67.4 Å². The van der Waals surface area contributed by atoms with Gasteiger partial charge in [0.25, 0.3) is 0 Å². The largest absolute Gasteiger partial charge is 0.376 e. The first-order valence-electron chi connectivity index (χ1n) is 7.74. The molecule has 2 rings (SSSR count). The van der Waals surface area contributed by atoms with E-state index < -0.39 is 0 Å². The highest BCUT2D eigenvalue weighted by Gasteiger charge is 2.21. The van der Waals surface area contributed by atoms with Crippen LogP contribution in [0.5, 0.6) is 0 Å². The topological polar surface area (TPSA) is 64.7 Å². The summed E-state index contributed by atoms with van der Waals surface area (Å²) >= 11 is 0. The van der Waals surface area contributed by atoms with Crippen LogP contribution in [-0.2, 0) is 9.59 Å². The lowest BCUT2D eigenvalue weighted by molar-refractivity contribution is -0.131. The SMILES string of the molecule is CCNC(=O)CN1CCN(C(=O)CNc2ccccc2)CC1. The number of piperazine rings is 1. The molecule has 0 saturated carbocycles. The number of hydrogen-bond donors (Lipinski definition) is 2. The van der Waals surface area contributed by atoms with Crippen LogP contribution < -0.4 is 10.6 Å². The number of anilines is 1. The van der Waals surface area contributed by atoms with Crippen LogP contribution in [0, 0.1) is 0 Å². The molecule has 6 heteroatoms. The molecule has 1 aliphatic heterocycles. The number of carbonyl (C=O) groups is 2. The van der Waals surface area contributed by atoms with Crippen LogP contribution in [0.15, 0.2) is 30.3 Å². The Morgan fingerprint density at radius 3 is 2.41 bits per heavy atom. The standard InChI is InChI=1S/C16H24N4O2/c1-2-17-15(21)13-19-8-10-20(11-9-19)16(22)12-18-14-6-4-3-5-7-14/h3-7,18H,2,8-13H2,1H3,(H,17,21). The highest BCUT2D eigenvalue weighted by molar-refractivity contribution is 5.81. The van der Waals surface area contributed by atoms with Gasteiger partial charge >= 0.3 is 0 Å². The lowest BCUT2D eigenvalue weighted by Gasteiger charge is -2.34. The molecule has 0 radical (unpaired) electrons. The zero-order chi connectivity index (χ0) is 15.8. The van der Waals surface area contributed by atoms with Crippen molar-refractivity contribution >= 4 is 17.5 Å². The maximum absolute atomic E-state index is 12.2. The minimum absolute atomic E-state index is 0.0491. The Labute approximate surface area is 131 Å². The van der Waals surface area contributed by atoms with Crippen LogP contribution in [0.4, 0.5) is 5.69 Å². The van der Waals surface area contributed by atoms with Gasteiger partial charge in [0, 0.05) is 38.4 Å². The van der Waals surface area contributed by atoms with Crippen LogP contribution >= 0.6 is 0 Å². The molecule has 2 N–H and O–H groups in total. The number of benzene rings is 1. The van der Waals surface area contributed by atoms with Gasteiger partial charge in [-0.05, 0) is 19.1 Å². The third-order valence-corrected chi connectivity index (χ3v) is 3.68. The lowest BCUT2D eigenvalue weighted by atomic mass is 10.3. The van der Waals surface area contributed by atoms with Crippen LogP contribution in [0.2, 0.25) is 0 Å². The average Bonchev–Trinajstić information content (AvgIpc) is 2.54. The fourth-order valence-corrected chi connectivity index (χ4v) is 2.46. The molecule has 0 atom stereocenters. The smallest absolute Gasteiger partial charge is 0.241 e. The predicted molar refractivity (Wildman–Crippen MR) is 86.6 cm³/mol. The summed E-state index contributed by atoms with van der Waals surface area (Å²) in [7, 11) is 0. The second-order valence-corrected chi connectivity index (χ2v) is 5.33. The maximum Gasteiger partial charge on any atom is 0.241 e. The van der Waals surface area contributed by atoms with E-state index >= 15 is 0 Å². The highest BCUT2D eigenvalue weighted by Crippen LogP contribution is 2.06. The number of carbonyl (C=O) groups excluding carboxylic acids is 2. The van der Waals surface area contributed by atoms with Crippen molar-refractivity contribution in [2.75, 3.05) is 51.1 Å². The van der Waals surface area contributed by atoms with Crippen LogP contribution in [0.1, 0.15) is 6.92 Å². The Balaban J connectivity index is 1.69. The summed E-state index contributed by atoms with van der Waals surface area (Å²) in [5, 5.41) is 5.93. The first-order chi connectivity index (χ1) is 10.7. The second kappa shape index (κ2) is 8.38. The molecule has 1 heterocycles. The van der Waals surface area contributed by atoms with Crippen molar-refractivity contribution in [3.63, 3.8) is 0 Å². The van der Waals surface area contributed by atoms with E-state index in [2.05, 4.69) is 15.5 Å². The predicted octanol–water partition coefficient (Wildman–Crippen LogP) is 0.379. The van der Waals surface area contributed by atoms with E-state index in [4.69, 9.17) is 0 Å². The summed E-state index contributed by atoms with van der Waals surface area (Å²) in [6.07, 6.45) is 0. The Morgan fingerprint density at radius 2 is 1.77 bits per heavy atom. The van der Waals surface area contributed by atoms with Gasteiger partial charge in [-0.3, -0.25) is 14.5 Å². The fourth-order valence-electron chi connectivity index (χ4n) is 2.46. The number of nitrogens with zero attached hydrogens (tertiary/aromatic N) is 2. The van der Waals surface area contributed by atoms with E-state index in [1.807, 2.05) is 42.2 Å². The van der Waals surface area contributed by atoms with Gasteiger partial charge in [-0.15, -0.1) is 0 Å². The molecule has 0 aromatic heterocycles. The minimum Gasteiger partial charge on any atom is -0.376 e. The average molecular weight is 304 g/mol. The Bertz CT molecular complexity index is 484. The monoisotopic (exact) mass is 304 g/mol. The minimum atomic E-state index is 0.0491. The Kier molecular flexibility index (Phi) is 6.21. The van der Waals surface area contributed by atoms with Crippen molar-refractivity contribution < 1.29 is 9.59 Å². The highest BCUT2D eigenvalue weighted by atomic mass is 16.2. The van der Waals surface area contributed by atoms with Crippen molar-refractivity contribution in [2.45, 2.75) is 6.92 Å². The van der Waals surface area contributed by atoms with E-state index in [1.54, 1.807) is 0 Å². The molecule has 0 aliphatic carbocycles. The summed E-state index contributed by atoms with van der Waals surface area (Å²) in [5.74, 6) is 0.148. The Morgan fingerprint density at radius 1 is 1.09 bits per heavy atom. The molecule has 1 aromatic carbocycles. The van der Waals surface area contributed by atoms with Crippen molar-refractivity contribution in [1.29, 1.82) is 0 Å². The number of para-hydroxylation sites is 1. The molecule has 0 spiro atoms. The van der Waals surface area contributed by atoms with Gasteiger partial charge in [0.2, 0.25) is 11.8 Å². The van der Waals surface area contributed by atoms with Gasteiger partial charge in [-0.2, -0.15) is 0 Å². The molecular weight excluding hydrogens is 280 g/mol. The van der Waals surface area contributed by atoms with E-state index in [0.717, 1.165) is 18.8 Å². The molecule has 1 aromatic rings. The van der Waals surface area contributed by atoms with Crippen molar-refractivity contribution in [1.82, 2.24) is 15.1 Å². The van der Waals surface area contributed by atoms with Crippen LogP contribution in [0.25, 0.3) is 0 Å². The first-order valence-corrected chi connectivity index (χ1v) is 7.74. The molecule has 120 valence electrons. The van der Waals surface area contributed by atoms with Gasteiger partial charge < -0.3 is 15.5 Å². The number of nitrogens with one attached hydrogen (secondary N) is 2. The van der Waals surface area contributed by atoms with Gasteiger partial charge in [0.05, 0.1) is 13.1 Å². The van der Waals surface area contributed by atoms with Crippen molar-refractivity contribution in [3.8, 4) is 0 Å². The van der Waals surface area contributed by atoms with Crippen molar-refractivity contribution in [3.05, 3.63) is 30.3 Å². The summed E-state index contributed by atoms with van der Waals surface area (Å²) in [4.78, 5) is 27.6. The van der Waals surface area contributed by atoms with Crippen LogP contribution in [0.3, 0.4) is 0 Å². The van der Waals surface area contributed by atoms with E-state index in [-0.39, 0.29) is 11.8 Å². The third kappa shape index (κ3) is 5.04. The van der Waals surface area contributed by atoms with Gasteiger partial charge in [-0.25, -0.2) is 0 Å². The molecule has 0 unspecified atom stereocenters.